The summed E-state index contributed by atoms with van der Waals surface area (Å²) >= 11 is 1.50. The van der Waals surface area contributed by atoms with Crippen molar-refractivity contribution in [1.82, 2.24) is 19.7 Å². The largest absolute Gasteiger partial charge is 0.298 e. The third-order valence-electron chi connectivity index (χ3n) is 4.40. The highest BCUT2D eigenvalue weighted by Crippen LogP contribution is 2.28. The predicted molar refractivity (Wildman–Crippen MR) is 98.2 cm³/mol. The monoisotopic (exact) mass is 371 g/mol. The van der Waals surface area contributed by atoms with E-state index in [4.69, 9.17) is 0 Å². The Kier molecular flexibility index (Phi) is 4.52. The number of halogens is 1. The summed E-state index contributed by atoms with van der Waals surface area (Å²) in [5.74, 6) is -0.742. The van der Waals surface area contributed by atoms with Crippen molar-refractivity contribution in [2.75, 3.05) is 18.4 Å². The number of para-hydroxylation sites is 1. The molecular weight excluding hydrogens is 353 g/mol. The van der Waals surface area contributed by atoms with Crippen LogP contribution in [0.1, 0.15) is 28.0 Å². The van der Waals surface area contributed by atoms with Crippen molar-refractivity contribution in [2.45, 2.75) is 19.9 Å². The Balaban J connectivity index is 1.50. The molecule has 0 spiro atoms. The Bertz CT molecular complexity index is 951. The maximum absolute atomic E-state index is 13.9. The molecule has 0 fully saturated rings. The van der Waals surface area contributed by atoms with E-state index in [9.17, 15) is 9.18 Å². The average molecular weight is 371 g/mol. The van der Waals surface area contributed by atoms with Gasteiger partial charge in [-0.2, -0.15) is 5.10 Å². The van der Waals surface area contributed by atoms with E-state index in [1.807, 2.05) is 0 Å². The highest BCUT2D eigenvalue weighted by Gasteiger charge is 2.21. The van der Waals surface area contributed by atoms with Gasteiger partial charge < -0.3 is 0 Å². The lowest BCUT2D eigenvalue weighted by molar-refractivity contribution is 0.102. The van der Waals surface area contributed by atoms with Gasteiger partial charge in [0.25, 0.3) is 5.91 Å². The van der Waals surface area contributed by atoms with E-state index in [1.165, 1.54) is 27.0 Å². The van der Waals surface area contributed by atoms with E-state index in [2.05, 4.69) is 27.2 Å². The molecule has 4 rings (SSSR count). The second-order valence-electron chi connectivity index (χ2n) is 6.06. The summed E-state index contributed by atoms with van der Waals surface area (Å²) in [4.78, 5) is 20.5. The minimum atomic E-state index is -0.393. The molecule has 6 nitrogen and oxygen atoms in total. The van der Waals surface area contributed by atoms with Crippen molar-refractivity contribution >= 4 is 22.4 Å². The molecule has 3 heterocycles. The van der Waals surface area contributed by atoms with Crippen molar-refractivity contribution in [3.8, 4) is 5.69 Å². The first-order valence-corrected chi connectivity index (χ1v) is 9.28. The van der Waals surface area contributed by atoms with Gasteiger partial charge in [0, 0.05) is 30.6 Å². The average Bonchev–Trinajstić information content (AvgIpc) is 3.28. The predicted octanol–water partition coefficient (Wildman–Crippen LogP) is 3.10. The molecule has 0 saturated carbocycles. The van der Waals surface area contributed by atoms with E-state index in [1.54, 1.807) is 30.5 Å². The number of anilines is 1. The van der Waals surface area contributed by atoms with Crippen LogP contribution >= 0.6 is 11.3 Å². The van der Waals surface area contributed by atoms with Gasteiger partial charge in [0.05, 0.1) is 5.69 Å². The van der Waals surface area contributed by atoms with Crippen LogP contribution in [0, 0.1) is 5.82 Å². The summed E-state index contributed by atoms with van der Waals surface area (Å²) in [5.41, 5.74) is 1.58. The first-order chi connectivity index (χ1) is 12.6. The SMILES string of the molecule is CCN1CCc2nc(NC(=O)c3ccn(-c4ccccc4F)n3)sc2C1. The summed E-state index contributed by atoms with van der Waals surface area (Å²) in [6.45, 7) is 5.02. The summed E-state index contributed by atoms with van der Waals surface area (Å²) in [7, 11) is 0. The van der Waals surface area contributed by atoms with Gasteiger partial charge in [-0.15, -0.1) is 11.3 Å². The van der Waals surface area contributed by atoms with Gasteiger partial charge in [0.15, 0.2) is 10.8 Å². The Morgan fingerprint density at radius 3 is 3.00 bits per heavy atom. The summed E-state index contributed by atoms with van der Waals surface area (Å²) in [5, 5.41) is 7.57. The van der Waals surface area contributed by atoms with E-state index in [-0.39, 0.29) is 11.6 Å². The van der Waals surface area contributed by atoms with Crippen molar-refractivity contribution in [2.24, 2.45) is 0 Å². The van der Waals surface area contributed by atoms with Crippen LogP contribution in [-0.4, -0.2) is 38.7 Å². The number of hydrogen-bond acceptors (Lipinski definition) is 5. The number of nitrogens with zero attached hydrogens (tertiary/aromatic N) is 4. The molecule has 8 heteroatoms. The van der Waals surface area contributed by atoms with Crippen LogP contribution < -0.4 is 5.32 Å². The maximum atomic E-state index is 13.9. The van der Waals surface area contributed by atoms with Crippen molar-refractivity contribution in [3.63, 3.8) is 0 Å². The van der Waals surface area contributed by atoms with Crippen LogP contribution in [0.3, 0.4) is 0 Å². The first kappa shape index (κ1) is 16.9. The fourth-order valence-electron chi connectivity index (χ4n) is 2.95. The Labute approximate surface area is 154 Å². The van der Waals surface area contributed by atoms with Gasteiger partial charge in [-0.3, -0.25) is 15.0 Å². The number of fused-ring (bicyclic) bond motifs is 1. The number of rotatable bonds is 4. The number of carbonyl (C=O) groups is 1. The molecule has 0 atom stereocenters. The Hall–Kier alpha value is -2.58. The van der Waals surface area contributed by atoms with Gasteiger partial charge in [0.1, 0.15) is 11.5 Å². The highest BCUT2D eigenvalue weighted by atomic mass is 32.1. The number of aromatic nitrogens is 3. The molecule has 0 saturated heterocycles. The van der Waals surface area contributed by atoms with E-state index in [0.717, 1.165) is 31.7 Å². The molecule has 1 aromatic carbocycles. The Morgan fingerprint density at radius 1 is 1.35 bits per heavy atom. The van der Waals surface area contributed by atoms with E-state index >= 15 is 0 Å². The van der Waals surface area contributed by atoms with Crippen molar-refractivity contribution < 1.29 is 9.18 Å². The first-order valence-electron chi connectivity index (χ1n) is 8.47. The summed E-state index contributed by atoms with van der Waals surface area (Å²) in [6.07, 6.45) is 2.47. The molecule has 26 heavy (non-hydrogen) atoms. The molecular formula is C18H18FN5OS. The number of benzene rings is 1. The second-order valence-corrected chi connectivity index (χ2v) is 7.14. The molecule has 1 amide bonds. The molecule has 0 unspecified atom stereocenters. The van der Waals surface area contributed by atoms with Gasteiger partial charge in [-0.25, -0.2) is 14.1 Å². The fraction of sp³-hybridized carbons (Fsp3) is 0.278. The number of hydrogen-bond donors (Lipinski definition) is 1. The Morgan fingerprint density at radius 2 is 2.19 bits per heavy atom. The number of amides is 1. The number of likely N-dealkylation sites (N-methyl/N-ethyl adjacent to an activating group) is 1. The molecule has 1 aliphatic rings. The second kappa shape index (κ2) is 6.97. The van der Waals surface area contributed by atoms with Gasteiger partial charge in [-0.05, 0) is 24.7 Å². The molecule has 1 N–H and O–H groups in total. The van der Waals surface area contributed by atoms with Crippen LogP contribution in [0.5, 0.6) is 0 Å². The molecule has 0 bridgehead atoms. The molecule has 1 aliphatic heterocycles. The lowest BCUT2D eigenvalue weighted by Crippen LogP contribution is -2.29. The van der Waals surface area contributed by atoms with E-state index in [0.29, 0.717) is 10.8 Å². The number of nitrogens with one attached hydrogen (secondary N) is 1. The molecule has 0 radical (unpaired) electrons. The summed E-state index contributed by atoms with van der Waals surface area (Å²) < 4.78 is 15.2. The highest BCUT2D eigenvalue weighted by molar-refractivity contribution is 7.15. The number of carbonyl (C=O) groups excluding carboxylic acids is 1. The van der Waals surface area contributed by atoms with Crippen LogP contribution in [-0.2, 0) is 13.0 Å². The molecule has 2 aromatic heterocycles. The lowest BCUT2D eigenvalue weighted by atomic mass is 10.2. The van der Waals surface area contributed by atoms with Gasteiger partial charge in [0.2, 0.25) is 0 Å². The quantitative estimate of drug-likeness (QED) is 0.766. The van der Waals surface area contributed by atoms with Crippen molar-refractivity contribution in [3.05, 3.63) is 58.6 Å². The normalized spacial score (nSPS) is 14.2. The van der Waals surface area contributed by atoms with Gasteiger partial charge >= 0.3 is 0 Å². The maximum Gasteiger partial charge on any atom is 0.277 e. The minimum absolute atomic E-state index is 0.219. The number of thiazole rings is 1. The van der Waals surface area contributed by atoms with Gasteiger partial charge in [-0.1, -0.05) is 19.1 Å². The molecule has 0 aliphatic carbocycles. The molecule has 134 valence electrons. The summed E-state index contributed by atoms with van der Waals surface area (Å²) in [6, 6.07) is 7.86. The van der Waals surface area contributed by atoms with Crippen LogP contribution in [0.15, 0.2) is 36.5 Å². The zero-order valence-electron chi connectivity index (χ0n) is 14.3. The van der Waals surface area contributed by atoms with E-state index < -0.39 is 5.82 Å². The van der Waals surface area contributed by atoms with Crippen molar-refractivity contribution in [1.29, 1.82) is 0 Å². The van der Waals surface area contributed by atoms with Crippen LogP contribution in [0.4, 0.5) is 9.52 Å². The zero-order chi connectivity index (χ0) is 18.1. The molecule has 3 aromatic rings. The third kappa shape index (κ3) is 3.25. The fourth-order valence-corrected chi connectivity index (χ4v) is 4.00. The van der Waals surface area contributed by atoms with Crippen LogP contribution in [0.2, 0.25) is 0 Å². The third-order valence-corrected chi connectivity index (χ3v) is 5.40. The zero-order valence-corrected chi connectivity index (χ0v) is 15.1. The van der Waals surface area contributed by atoms with Crippen LogP contribution in [0.25, 0.3) is 5.69 Å². The lowest BCUT2D eigenvalue weighted by Gasteiger charge is -2.23. The topological polar surface area (TPSA) is 63.1 Å². The standard InChI is InChI=1S/C18H18FN5OS/c1-2-23-9-7-13-16(11-23)26-18(20-13)21-17(25)14-8-10-24(22-14)15-6-4-3-5-12(15)19/h3-6,8,10H,2,7,9,11H2,1H3,(H,20,21,25). The minimum Gasteiger partial charge on any atom is -0.298 e. The smallest absolute Gasteiger partial charge is 0.277 e.